The van der Waals surface area contributed by atoms with Crippen LogP contribution in [0.2, 0.25) is 0 Å². The number of benzene rings is 1. The van der Waals surface area contributed by atoms with Crippen LogP contribution in [0.15, 0.2) is 42.5 Å². The molecule has 0 saturated heterocycles. The first-order valence-corrected chi connectivity index (χ1v) is 15.8. The molecule has 3 rings (SSSR count). The number of hydrogen-bond acceptors (Lipinski definition) is 10. The van der Waals surface area contributed by atoms with Crippen LogP contribution in [0.5, 0.6) is 0 Å². The minimum Gasteiger partial charge on any atom is -0.454 e. The molecule has 0 radical (unpaired) electrons. The van der Waals surface area contributed by atoms with Gasteiger partial charge in [0.1, 0.15) is 19.3 Å². The van der Waals surface area contributed by atoms with Gasteiger partial charge in [-0.2, -0.15) is 0 Å². The van der Waals surface area contributed by atoms with Crippen molar-refractivity contribution in [3.8, 4) is 0 Å². The van der Waals surface area contributed by atoms with Crippen molar-refractivity contribution in [2.45, 2.75) is 63.5 Å². The van der Waals surface area contributed by atoms with Crippen LogP contribution in [0.1, 0.15) is 50.5 Å². The van der Waals surface area contributed by atoms with E-state index in [2.05, 4.69) is 21.3 Å². The molecule has 260 valence electrons. The second-order valence-corrected chi connectivity index (χ2v) is 11.4. The van der Waals surface area contributed by atoms with E-state index in [1.807, 2.05) is 0 Å². The Balaban J connectivity index is 1.33. The topological polar surface area (TPSA) is 232 Å². The molecule has 1 aliphatic carbocycles. The van der Waals surface area contributed by atoms with Gasteiger partial charge in [0.15, 0.2) is 6.61 Å². The van der Waals surface area contributed by atoms with Gasteiger partial charge in [-0.3, -0.25) is 43.3 Å². The second-order valence-electron chi connectivity index (χ2n) is 11.4. The average Bonchev–Trinajstić information content (AvgIpc) is 3.67. The van der Waals surface area contributed by atoms with Crippen LogP contribution in [0.3, 0.4) is 0 Å². The summed E-state index contributed by atoms with van der Waals surface area (Å²) in [4.78, 5) is 97.4. The molecule has 7 amide bonds. The third-order valence-electron chi connectivity index (χ3n) is 7.71. The Morgan fingerprint density at radius 2 is 1.58 bits per heavy atom. The van der Waals surface area contributed by atoms with Crippen molar-refractivity contribution < 1.29 is 47.8 Å². The van der Waals surface area contributed by atoms with Crippen molar-refractivity contribution in [3.05, 3.63) is 48.0 Å². The van der Waals surface area contributed by atoms with Crippen LogP contribution in [0, 0.1) is 5.92 Å². The minimum absolute atomic E-state index is 0.0946. The molecule has 6 N–H and O–H groups in total. The van der Waals surface area contributed by atoms with Gasteiger partial charge in [0.2, 0.25) is 23.6 Å². The maximum Gasteiger partial charge on any atom is 0.325 e. The molecule has 1 saturated carbocycles. The number of esters is 1. The number of rotatable bonds is 20. The number of carbonyl (C=O) groups excluding carboxylic acids is 8. The van der Waals surface area contributed by atoms with E-state index in [-0.39, 0.29) is 62.4 Å². The maximum atomic E-state index is 12.9. The van der Waals surface area contributed by atoms with E-state index in [0.717, 1.165) is 10.5 Å². The van der Waals surface area contributed by atoms with Crippen molar-refractivity contribution in [1.82, 2.24) is 26.2 Å². The first-order chi connectivity index (χ1) is 23.0. The molecule has 1 aromatic carbocycles. The van der Waals surface area contributed by atoms with Gasteiger partial charge in [-0.25, -0.2) is 0 Å². The van der Waals surface area contributed by atoms with E-state index in [1.54, 1.807) is 30.3 Å². The summed E-state index contributed by atoms with van der Waals surface area (Å²) in [6.07, 6.45) is 5.81. The largest absolute Gasteiger partial charge is 0.454 e. The Bertz CT molecular complexity index is 1350. The lowest BCUT2D eigenvalue weighted by Gasteiger charge is -2.19. The van der Waals surface area contributed by atoms with Crippen molar-refractivity contribution >= 4 is 47.3 Å². The number of amides is 7. The molecule has 2 aliphatic rings. The number of imide groups is 1. The molecule has 1 heterocycles. The molecule has 1 fully saturated rings. The maximum absolute atomic E-state index is 12.9. The number of ether oxygens (including phenoxy) is 2. The first-order valence-electron chi connectivity index (χ1n) is 15.8. The number of nitrogens with two attached hydrogens (primary N) is 1. The lowest BCUT2D eigenvalue weighted by atomic mass is 10.1. The van der Waals surface area contributed by atoms with Crippen LogP contribution < -0.4 is 27.0 Å². The highest BCUT2D eigenvalue weighted by molar-refractivity contribution is 6.12. The molecule has 1 aliphatic heterocycles. The van der Waals surface area contributed by atoms with E-state index in [1.165, 1.54) is 12.2 Å². The molecular formula is C32H42N6O10. The molecule has 16 heteroatoms. The van der Waals surface area contributed by atoms with Crippen LogP contribution in [-0.2, 0) is 54.3 Å². The van der Waals surface area contributed by atoms with E-state index in [0.29, 0.717) is 38.5 Å². The minimum atomic E-state index is -1.09. The molecule has 3 unspecified atom stereocenters. The predicted molar refractivity (Wildman–Crippen MR) is 168 cm³/mol. The lowest BCUT2D eigenvalue weighted by Crippen LogP contribution is -2.51. The summed E-state index contributed by atoms with van der Waals surface area (Å²) in [6.45, 7) is -1.40. The summed E-state index contributed by atoms with van der Waals surface area (Å²) < 4.78 is 10.5. The van der Waals surface area contributed by atoms with Crippen LogP contribution in [0.25, 0.3) is 0 Å². The summed E-state index contributed by atoms with van der Waals surface area (Å²) in [5.74, 6) is -4.53. The standard InChI is InChI=1S/C32H42N6O10/c33-31(45)22-10-11-23(16-22)48-20-36-26(40)17-35-32(46)24(15-21-7-3-1-4-8-21)37-27(41)19-47-30(44)18-34-25(39)9-5-2-6-14-38-28(42)12-13-29(38)43/h1,3-4,7-8,12-13,22-24H,2,5-6,9-11,14-20H2,(H2,33,45)(H,34,39)(H,35,46)(H,36,40)(H,37,41). The van der Waals surface area contributed by atoms with Gasteiger partial charge in [0.05, 0.1) is 12.6 Å². The monoisotopic (exact) mass is 670 g/mol. The summed E-state index contributed by atoms with van der Waals surface area (Å²) in [7, 11) is 0. The zero-order chi connectivity index (χ0) is 34.9. The molecule has 0 bridgehead atoms. The number of unbranched alkanes of at least 4 members (excludes halogenated alkanes) is 2. The molecule has 3 atom stereocenters. The summed E-state index contributed by atoms with van der Waals surface area (Å²) in [5.41, 5.74) is 6.05. The highest BCUT2D eigenvalue weighted by Crippen LogP contribution is 2.27. The Labute approximate surface area is 277 Å². The van der Waals surface area contributed by atoms with Crippen LogP contribution >= 0.6 is 0 Å². The quantitative estimate of drug-likeness (QED) is 0.0477. The van der Waals surface area contributed by atoms with Gasteiger partial charge >= 0.3 is 5.97 Å². The number of nitrogens with zero attached hydrogens (tertiary/aromatic N) is 1. The normalized spacial score (nSPS) is 17.5. The Kier molecular flexibility index (Phi) is 15.2. The molecule has 0 aromatic heterocycles. The second kappa shape index (κ2) is 19.5. The smallest absolute Gasteiger partial charge is 0.325 e. The van der Waals surface area contributed by atoms with Gasteiger partial charge in [0.25, 0.3) is 17.7 Å². The van der Waals surface area contributed by atoms with Gasteiger partial charge in [-0.1, -0.05) is 36.8 Å². The number of primary amides is 1. The van der Waals surface area contributed by atoms with Crippen molar-refractivity contribution in [2.24, 2.45) is 11.7 Å². The van der Waals surface area contributed by atoms with Gasteiger partial charge in [-0.05, 0) is 37.7 Å². The zero-order valence-electron chi connectivity index (χ0n) is 26.6. The van der Waals surface area contributed by atoms with Crippen LogP contribution in [0.4, 0.5) is 0 Å². The fourth-order valence-corrected chi connectivity index (χ4v) is 5.08. The average molecular weight is 671 g/mol. The van der Waals surface area contributed by atoms with Gasteiger partial charge in [0, 0.05) is 37.5 Å². The molecule has 0 spiro atoms. The summed E-state index contributed by atoms with van der Waals surface area (Å²) in [5, 5.41) is 9.92. The molecule has 48 heavy (non-hydrogen) atoms. The zero-order valence-corrected chi connectivity index (χ0v) is 26.6. The third-order valence-corrected chi connectivity index (χ3v) is 7.71. The van der Waals surface area contributed by atoms with Crippen molar-refractivity contribution in [3.63, 3.8) is 0 Å². The lowest BCUT2D eigenvalue weighted by molar-refractivity contribution is -0.148. The third kappa shape index (κ3) is 13.3. The van der Waals surface area contributed by atoms with E-state index in [4.69, 9.17) is 15.2 Å². The summed E-state index contributed by atoms with van der Waals surface area (Å²) >= 11 is 0. The van der Waals surface area contributed by atoms with Crippen molar-refractivity contribution in [2.75, 3.05) is 33.0 Å². The highest BCUT2D eigenvalue weighted by atomic mass is 16.5. The van der Waals surface area contributed by atoms with Gasteiger partial charge < -0.3 is 36.5 Å². The van der Waals surface area contributed by atoms with Crippen LogP contribution in [-0.4, -0.2) is 97.3 Å². The fraction of sp³-hybridized carbons (Fsp3) is 0.500. The van der Waals surface area contributed by atoms with E-state index in [9.17, 15) is 38.4 Å². The fourth-order valence-electron chi connectivity index (χ4n) is 5.08. The van der Waals surface area contributed by atoms with E-state index >= 15 is 0 Å². The Hall–Kier alpha value is -5.12. The SMILES string of the molecule is NC(=O)C1CCC(OCNC(=O)CNC(=O)C(Cc2ccccc2)NC(=O)COC(=O)CNC(=O)CCCCCN2C(=O)C=CC2=O)C1. The number of hydrogen-bond donors (Lipinski definition) is 5. The Morgan fingerprint density at radius 3 is 2.27 bits per heavy atom. The molecular weight excluding hydrogens is 628 g/mol. The summed E-state index contributed by atoms with van der Waals surface area (Å²) in [6, 6.07) is 7.76. The number of carbonyl (C=O) groups is 8. The van der Waals surface area contributed by atoms with Gasteiger partial charge in [-0.15, -0.1) is 0 Å². The van der Waals surface area contributed by atoms with E-state index < -0.39 is 48.8 Å². The molecule has 16 nitrogen and oxygen atoms in total. The number of nitrogens with one attached hydrogen (secondary N) is 4. The first kappa shape index (κ1) is 37.3. The predicted octanol–water partition coefficient (Wildman–Crippen LogP) is -1.28. The van der Waals surface area contributed by atoms with Crippen molar-refractivity contribution in [1.29, 1.82) is 0 Å². The highest BCUT2D eigenvalue weighted by Gasteiger charge is 2.29. The Morgan fingerprint density at radius 1 is 0.854 bits per heavy atom. The molecule has 1 aromatic rings.